The standard InChI is InChI=1S/C17H20O2/c1-3-14-7-9-15(10-8-14)12-19-17-6-4-5-16(11-17)13(2)18/h4-11,13,18H,3,12H2,1-2H3. The van der Waals surface area contributed by atoms with E-state index in [1.54, 1.807) is 6.92 Å². The van der Waals surface area contributed by atoms with Crippen molar-refractivity contribution in [2.24, 2.45) is 0 Å². The number of rotatable bonds is 5. The normalized spacial score (nSPS) is 12.2. The van der Waals surface area contributed by atoms with E-state index in [0.717, 1.165) is 23.3 Å². The lowest BCUT2D eigenvalue weighted by Gasteiger charge is -2.10. The van der Waals surface area contributed by atoms with E-state index < -0.39 is 6.10 Å². The maximum absolute atomic E-state index is 9.54. The molecule has 0 spiro atoms. The van der Waals surface area contributed by atoms with Gasteiger partial charge >= 0.3 is 0 Å². The Hall–Kier alpha value is -1.80. The van der Waals surface area contributed by atoms with E-state index in [0.29, 0.717) is 6.61 Å². The van der Waals surface area contributed by atoms with Crippen LogP contribution in [0.15, 0.2) is 48.5 Å². The number of aliphatic hydroxyl groups is 1. The maximum Gasteiger partial charge on any atom is 0.120 e. The van der Waals surface area contributed by atoms with Crippen molar-refractivity contribution >= 4 is 0 Å². The van der Waals surface area contributed by atoms with E-state index in [2.05, 4.69) is 31.2 Å². The van der Waals surface area contributed by atoms with Gasteiger partial charge < -0.3 is 9.84 Å². The molecule has 0 fully saturated rings. The van der Waals surface area contributed by atoms with Crippen molar-refractivity contribution in [1.82, 2.24) is 0 Å². The van der Waals surface area contributed by atoms with Crippen LogP contribution >= 0.6 is 0 Å². The lowest BCUT2D eigenvalue weighted by atomic mass is 10.1. The van der Waals surface area contributed by atoms with Gasteiger partial charge in [0.25, 0.3) is 0 Å². The summed E-state index contributed by atoms with van der Waals surface area (Å²) >= 11 is 0. The topological polar surface area (TPSA) is 29.5 Å². The molecule has 0 aromatic heterocycles. The summed E-state index contributed by atoms with van der Waals surface area (Å²) in [5.74, 6) is 0.790. The van der Waals surface area contributed by atoms with E-state index in [4.69, 9.17) is 4.74 Å². The minimum absolute atomic E-state index is 0.465. The molecule has 0 aliphatic heterocycles. The zero-order valence-electron chi connectivity index (χ0n) is 11.5. The van der Waals surface area contributed by atoms with E-state index in [9.17, 15) is 5.11 Å². The largest absolute Gasteiger partial charge is 0.489 e. The highest BCUT2D eigenvalue weighted by Gasteiger charge is 2.02. The van der Waals surface area contributed by atoms with Crippen LogP contribution in [0.5, 0.6) is 5.75 Å². The molecule has 0 amide bonds. The lowest BCUT2D eigenvalue weighted by molar-refractivity contribution is 0.198. The van der Waals surface area contributed by atoms with Crippen LogP contribution in [-0.2, 0) is 13.0 Å². The minimum atomic E-state index is -0.465. The van der Waals surface area contributed by atoms with Crippen molar-refractivity contribution in [2.75, 3.05) is 0 Å². The lowest BCUT2D eigenvalue weighted by Crippen LogP contribution is -1.97. The zero-order chi connectivity index (χ0) is 13.7. The molecule has 1 N–H and O–H groups in total. The van der Waals surface area contributed by atoms with Gasteiger partial charge in [0.15, 0.2) is 0 Å². The third-order valence-electron chi connectivity index (χ3n) is 3.18. The molecule has 0 saturated heterocycles. The molecule has 2 nitrogen and oxygen atoms in total. The second-order valence-electron chi connectivity index (χ2n) is 4.71. The van der Waals surface area contributed by atoms with Crippen LogP contribution in [0.3, 0.4) is 0 Å². The number of hydrogen-bond donors (Lipinski definition) is 1. The Bertz CT molecular complexity index is 515. The van der Waals surface area contributed by atoms with Gasteiger partial charge in [-0.3, -0.25) is 0 Å². The summed E-state index contributed by atoms with van der Waals surface area (Å²) in [5.41, 5.74) is 3.36. The molecule has 0 radical (unpaired) electrons. The van der Waals surface area contributed by atoms with Crippen molar-refractivity contribution in [1.29, 1.82) is 0 Å². The first kappa shape index (κ1) is 13.6. The second kappa shape index (κ2) is 6.39. The highest BCUT2D eigenvalue weighted by Crippen LogP contribution is 2.19. The van der Waals surface area contributed by atoms with Gasteiger partial charge in [-0.25, -0.2) is 0 Å². The zero-order valence-corrected chi connectivity index (χ0v) is 11.5. The molecule has 0 aliphatic rings. The van der Waals surface area contributed by atoms with Gasteiger partial charge in [0, 0.05) is 0 Å². The first-order chi connectivity index (χ1) is 9.19. The monoisotopic (exact) mass is 256 g/mol. The Labute approximate surface area is 114 Å². The third kappa shape index (κ3) is 3.83. The van der Waals surface area contributed by atoms with Gasteiger partial charge in [-0.05, 0) is 42.2 Å². The van der Waals surface area contributed by atoms with Gasteiger partial charge in [0.2, 0.25) is 0 Å². The maximum atomic E-state index is 9.54. The molecule has 2 rings (SSSR count). The molecule has 2 heteroatoms. The van der Waals surface area contributed by atoms with Gasteiger partial charge in [0.1, 0.15) is 12.4 Å². The Morgan fingerprint density at radius 1 is 1.05 bits per heavy atom. The molecule has 0 bridgehead atoms. The summed E-state index contributed by atoms with van der Waals surface area (Å²) in [6.45, 7) is 4.45. The summed E-state index contributed by atoms with van der Waals surface area (Å²) in [6, 6.07) is 16.0. The molecular formula is C17H20O2. The Morgan fingerprint density at radius 2 is 1.74 bits per heavy atom. The predicted octanol–water partition coefficient (Wildman–Crippen LogP) is 3.88. The molecule has 0 aliphatic carbocycles. The van der Waals surface area contributed by atoms with Crippen LogP contribution in [0.4, 0.5) is 0 Å². The SMILES string of the molecule is CCc1ccc(COc2cccc(C(C)O)c2)cc1. The number of aliphatic hydroxyl groups excluding tert-OH is 1. The second-order valence-corrected chi connectivity index (χ2v) is 4.71. The Morgan fingerprint density at radius 3 is 2.37 bits per heavy atom. The van der Waals surface area contributed by atoms with Crippen molar-refractivity contribution in [3.63, 3.8) is 0 Å². The molecule has 1 atom stereocenters. The predicted molar refractivity (Wildman–Crippen MR) is 77.2 cm³/mol. The van der Waals surface area contributed by atoms with Crippen LogP contribution < -0.4 is 4.74 Å². The van der Waals surface area contributed by atoms with Crippen LogP contribution in [-0.4, -0.2) is 5.11 Å². The molecule has 2 aromatic rings. The number of benzene rings is 2. The van der Waals surface area contributed by atoms with Crippen LogP contribution in [0.2, 0.25) is 0 Å². The van der Waals surface area contributed by atoms with Crippen molar-refractivity contribution in [2.45, 2.75) is 33.0 Å². The molecule has 0 saturated carbocycles. The molecule has 1 unspecified atom stereocenters. The smallest absolute Gasteiger partial charge is 0.120 e. The first-order valence-corrected chi connectivity index (χ1v) is 6.67. The van der Waals surface area contributed by atoms with Gasteiger partial charge in [-0.1, -0.05) is 43.3 Å². The molecule has 100 valence electrons. The minimum Gasteiger partial charge on any atom is -0.489 e. The summed E-state index contributed by atoms with van der Waals surface area (Å²) in [4.78, 5) is 0. The van der Waals surface area contributed by atoms with E-state index in [1.165, 1.54) is 5.56 Å². The average Bonchev–Trinajstić information content (AvgIpc) is 2.46. The highest BCUT2D eigenvalue weighted by atomic mass is 16.5. The van der Waals surface area contributed by atoms with Crippen LogP contribution in [0.1, 0.15) is 36.6 Å². The number of aryl methyl sites for hydroxylation is 1. The van der Waals surface area contributed by atoms with E-state index in [-0.39, 0.29) is 0 Å². The fraction of sp³-hybridized carbons (Fsp3) is 0.294. The molecule has 2 aromatic carbocycles. The molecule has 19 heavy (non-hydrogen) atoms. The Kier molecular flexibility index (Phi) is 4.58. The van der Waals surface area contributed by atoms with Crippen LogP contribution in [0.25, 0.3) is 0 Å². The summed E-state index contributed by atoms with van der Waals surface area (Å²) in [5, 5.41) is 9.54. The molecular weight excluding hydrogens is 236 g/mol. The van der Waals surface area contributed by atoms with Gasteiger partial charge in [-0.2, -0.15) is 0 Å². The highest BCUT2D eigenvalue weighted by molar-refractivity contribution is 5.30. The van der Waals surface area contributed by atoms with Crippen LogP contribution in [0, 0.1) is 0 Å². The van der Waals surface area contributed by atoms with Gasteiger partial charge in [0.05, 0.1) is 6.10 Å². The van der Waals surface area contributed by atoms with Gasteiger partial charge in [-0.15, -0.1) is 0 Å². The van der Waals surface area contributed by atoms with Crippen molar-refractivity contribution in [3.8, 4) is 5.75 Å². The third-order valence-corrected chi connectivity index (χ3v) is 3.18. The van der Waals surface area contributed by atoms with E-state index in [1.807, 2.05) is 24.3 Å². The average molecular weight is 256 g/mol. The fourth-order valence-corrected chi connectivity index (χ4v) is 1.90. The van der Waals surface area contributed by atoms with Crippen molar-refractivity contribution < 1.29 is 9.84 Å². The molecule has 0 heterocycles. The summed E-state index contributed by atoms with van der Waals surface area (Å²) in [6.07, 6.45) is 0.588. The van der Waals surface area contributed by atoms with Crippen molar-refractivity contribution in [3.05, 3.63) is 65.2 Å². The fourth-order valence-electron chi connectivity index (χ4n) is 1.90. The Balaban J connectivity index is 1.99. The first-order valence-electron chi connectivity index (χ1n) is 6.67. The van der Waals surface area contributed by atoms with E-state index >= 15 is 0 Å². The summed E-state index contributed by atoms with van der Waals surface area (Å²) in [7, 11) is 0. The summed E-state index contributed by atoms with van der Waals surface area (Å²) < 4.78 is 5.75. The number of ether oxygens (including phenoxy) is 1. The number of hydrogen-bond acceptors (Lipinski definition) is 2. The quantitative estimate of drug-likeness (QED) is 0.879.